The smallest absolute Gasteiger partial charge is 0.321 e. The summed E-state index contributed by atoms with van der Waals surface area (Å²) in [5.74, 6) is -1.02. The predicted octanol–water partition coefficient (Wildman–Crippen LogP) is 0.786. The summed E-state index contributed by atoms with van der Waals surface area (Å²) in [6, 6.07) is 6.30. The van der Waals surface area contributed by atoms with Gasteiger partial charge in [-0.3, -0.25) is 4.79 Å². The topological polar surface area (TPSA) is 99.3 Å². The second kappa shape index (κ2) is 5.26. The number of hydrogen-bond donors (Lipinski definition) is 3. The minimum atomic E-state index is -3.45. The van der Waals surface area contributed by atoms with Crippen molar-refractivity contribution in [2.24, 2.45) is 0 Å². The molecule has 6 nitrogen and oxygen atoms in total. The molecule has 0 saturated heterocycles. The summed E-state index contributed by atoms with van der Waals surface area (Å²) in [5.41, 5.74) is 1.19. The zero-order valence-electron chi connectivity index (χ0n) is 11.2. The van der Waals surface area contributed by atoms with E-state index in [0.29, 0.717) is 11.1 Å². The zero-order valence-corrected chi connectivity index (χ0v) is 12.0. The molecule has 7 heteroatoms. The van der Waals surface area contributed by atoms with E-state index < -0.39 is 21.8 Å². The summed E-state index contributed by atoms with van der Waals surface area (Å²) in [6.45, 7) is 0. The van der Waals surface area contributed by atoms with Crippen molar-refractivity contribution >= 4 is 26.7 Å². The van der Waals surface area contributed by atoms with Crippen molar-refractivity contribution in [3.8, 4) is 0 Å². The standard InChI is InChI=1S/C13H16N2O4S/c1-14-11(13(16)17)7-9-8-5-3-4-6-10(8)15-12(9)20(2,18)19/h3-6,11,14-15H,7H2,1-2H3,(H,16,17). The number of sulfone groups is 1. The molecule has 1 heterocycles. The number of H-pyrrole nitrogens is 1. The second-order valence-electron chi connectivity index (χ2n) is 4.63. The van der Waals surface area contributed by atoms with Crippen molar-refractivity contribution in [2.45, 2.75) is 17.5 Å². The van der Waals surface area contributed by atoms with Crippen molar-refractivity contribution in [1.29, 1.82) is 0 Å². The minimum Gasteiger partial charge on any atom is -0.480 e. The maximum atomic E-state index is 11.9. The Balaban J connectivity index is 2.63. The highest BCUT2D eigenvalue weighted by Gasteiger charge is 2.24. The van der Waals surface area contributed by atoms with Crippen LogP contribution in [0.4, 0.5) is 0 Å². The fraction of sp³-hybridized carbons (Fsp3) is 0.308. The van der Waals surface area contributed by atoms with Gasteiger partial charge in [0.15, 0.2) is 9.84 Å². The quantitative estimate of drug-likeness (QED) is 0.757. The molecule has 0 amide bonds. The number of para-hydroxylation sites is 1. The molecule has 0 fully saturated rings. The summed E-state index contributed by atoms with van der Waals surface area (Å²) in [6.07, 6.45) is 1.20. The number of aromatic amines is 1. The van der Waals surface area contributed by atoms with E-state index in [-0.39, 0.29) is 11.4 Å². The number of carboxylic acid groups (broad SMARTS) is 1. The lowest BCUT2D eigenvalue weighted by Crippen LogP contribution is -2.36. The SMILES string of the molecule is CNC(Cc1c(S(C)(=O)=O)[nH]c2ccccc12)C(=O)O. The van der Waals surface area contributed by atoms with Gasteiger partial charge in [-0.05, 0) is 18.7 Å². The van der Waals surface area contributed by atoms with Crippen LogP contribution in [0.1, 0.15) is 5.56 Å². The van der Waals surface area contributed by atoms with Gasteiger partial charge in [-0.15, -0.1) is 0 Å². The van der Waals surface area contributed by atoms with Gasteiger partial charge in [0.25, 0.3) is 0 Å². The summed E-state index contributed by atoms with van der Waals surface area (Å²) in [7, 11) is -1.92. The first-order valence-corrected chi connectivity index (χ1v) is 7.93. The Bertz CT molecular complexity index is 749. The number of hydrogen-bond acceptors (Lipinski definition) is 4. The van der Waals surface area contributed by atoms with E-state index in [9.17, 15) is 13.2 Å². The maximum absolute atomic E-state index is 11.9. The normalized spacial score (nSPS) is 13.5. The zero-order chi connectivity index (χ0) is 14.9. The van der Waals surface area contributed by atoms with Gasteiger partial charge in [-0.25, -0.2) is 8.42 Å². The fourth-order valence-electron chi connectivity index (χ4n) is 2.21. The van der Waals surface area contributed by atoms with Gasteiger partial charge < -0.3 is 15.4 Å². The fourth-order valence-corrected chi connectivity index (χ4v) is 3.15. The molecule has 1 atom stereocenters. The van der Waals surface area contributed by atoms with Crippen LogP contribution in [-0.2, 0) is 21.1 Å². The van der Waals surface area contributed by atoms with E-state index in [1.807, 2.05) is 0 Å². The van der Waals surface area contributed by atoms with Gasteiger partial charge >= 0.3 is 5.97 Å². The van der Waals surface area contributed by atoms with Gasteiger partial charge in [-0.2, -0.15) is 0 Å². The minimum absolute atomic E-state index is 0.0835. The van der Waals surface area contributed by atoms with Crippen molar-refractivity contribution in [3.05, 3.63) is 29.8 Å². The second-order valence-corrected chi connectivity index (χ2v) is 6.59. The average molecular weight is 296 g/mol. The van der Waals surface area contributed by atoms with Gasteiger partial charge in [0.1, 0.15) is 11.1 Å². The molecule has 0 aliphatic heterocycles. The molecule has 1 aromatic carbocycles. The van der Waals surface area contributed by atoms with Crippen LogP contribution in [-0.4, -0.2) is 43.8 Å². The number of aromatic nitrogens is 1. The molecule has 0 saturated carbocycles. The van der Waals surface area contributed by atoms with Gasteiger partial charge in [0.2, 0.25) is 0 Å². The summed E-state index contributed by atoms with van der Waals surface area (Å²) in [4.78, 5) is 14.0. The van der Waals surface area contributed by atoms with Crippen LogP contribution in [0.5, 0.6) is 0 Å². The predicted molar refractivity (Wildman–Crippen MR) is 75.6 cm³/mol. The van der Waals surface area contributed by atoms with Gasteiger partial charge in [-0.1, -0.05) is 18.2 Å². The van der Waals surface area contributed by atoms with Gasteiger partial charge in [0.05, 0.1) is 0 Å². The Morgan fingerprint density at radius 1 is 1.40 bits per heavy atom. The molecule has 2 aromatic rings. The van der Waals surface area contributed by atoms with E-state index in [0.717, 1.165) is 11.6 Å². The monoisotopic (exact) mass is 296 g/mol. The molecule has 0 aliphatic carbocycles. The molecule has 0 bridgehead atoms. The Hall–Kier alpha value is -1.86. The van der Waals surface area contributed by atoms with E-state index in [1.54, 1.807) is 24.3 Å². The van der Waals surface area contributed by atoms with Crippen LogP contribution in [0.3, 0.4) is 0 Å². The van der Waals surface area contributed by atoms with E-state index >= 15 is 0 Å². The first-order chi connectivity index (χ1) is 9.34. The molecular weight excluding hydrogens is 280 g/mol. The lowest BCUT2D eigenvalue weighted by Gasteiger charge is -2.11. The highest BCUT2D eigenvalue weighted by atomic mass is 32.2. The number of carboxylic acids is 1. The Morgan fingerprint density at radius 2 is 2.05 bits per heavy atom. The van der Waals surface area contributed by atoms with Crippen LogP contribution >= 0.6 is 0 Å². The van der Waals surface area contributed by atoms with Crippen LogP contribution in [0.2, 0.25) is 0 Å². The average Bonchev–Trinajstić information content (AvgIpc) is 2.74. The molecule has 1 unspecified atom stereocenters. The van der Waals surface area contributed by atoms with Crippen molar-refractivity contribution < 1.29 is 18.3 Å². The highest BCUT2D eigenvalue weighted by Crippen LogP contribution is 2.27. The van der Waals surface area contributed by atoms with Gasteiger partial charge in [0, 0.05) is 23.6 Å². The molecule has 20 heavy (non-hydrogen) atoms. The van der Waals surface area contributed by atoms with E-state index in [4.69, 9.17) is 5.11 Å². The number of rotatable bonds is 5. The summed E-state index contributed by atoms with van der Waals surface area (Å²) < 4.78 is 23.7. The molecule has 2 rings (SSSR count). The van der Waals surface area contributed by atoms with Crippen molar-refractivity contribution in [1.82, 2.24) is 10.3 Å². The number of carbonyl (C=O) groups is 1. The van der Waals surface area contributed by atoms with Crippen molar-refractivity contribution in [2.75, 3.05) is 13.3 Å². The number of nitrogens with one attached hydrogen (secondary N) is 2. The molecule has 0 aliphatic rings. The third kappa shape index (κ3) is 2.68. The highest BCUT2D eigenvalue weighted by molar-refractivity contribution is 7.90. The summed E-state index contributed by atoms with van der Waals surface area (Å²) >= 11 is 0. The number of likely N-dealkylation sites (N-methyl/N-ethyl adjacent to an activating group) is 1. The molecule has 0 spiro atoms. The maximum Gasteiger partial charge on any atom is 0.321 e. The van der Waals surface area contributed by atoms with Crippen LogP contribution in [0, 0.1) is 0 Å². The lowest BCUT2D eigenvalue weighted by atomic mass is 10.1. The number of benzene rings is 1. The number of aliphatic carboxylic acids is 1. The Labute approximate surface area is 116 Å². The summed E-state index contributed by atoms with van der Waals surface area (Å²) in [5, 5.41) is 12.6. The molecular formula is C13H16N2O4S. The Morgan fingerprint density at radius 3 is 2.60 bits per heavy atom. The van der Waals surface area contributed by atoms with Crippen LogP contribution in [0.25, 0.3) is 10.9 Å². The van der Waals surface area contributed by atoms with E-state index in [2.05, 4.69) is 10.3 Å². The largest absolute Gasteiger partial charge is 0.480 e. The first-order valence-electron chi connectivity index (χ1n) is 6.04. The van der Waals surface area contributed by atoms with Crippen LogP contribution in [0.15, 0.2) is 29.3 Å². The molecule has 108 valence electrons. The first kappa shape index (κ1) is 14.5. The third-order valence-electron chi connectivity index (χ3n) is 3.20. The van der Waals surface area contributed by atoms with Crippen molar-refractivity contribution in [3.63, 3.8) is 0 Å². The molecule has 1 aromatic heterocycles. The Kier molecular flexibility index (Phi) is 3.82. The number of fused-ring (bicyclic) bond motifs is 1. The third-order valence-corrected chi connectivity index (χ3v) is 4.29. The molecule has 3 N–H and O–H groups in total. The lowest BCUT2D eigenvalue weighted by molar-refractivity contribution is -0.139. The molecule has 0 radical (unpaired) electrons. The van der Waals surface area contributed by atoms with E-state index in [1.165, 1.54) is 7.05 Å². The van der Waals surface area contributed by atoms with Crippen LogP contribution < -0.4 is 5.32 Å².